The summed E-state index contributed by atoms with van der Waals surface area (Å²) in [5, 5.41) is 9.02. The lowest BCUT2D eigenvalue weighted by molar-refractivity contribution is -0.142. The van der Waals surface area contributed by atoms with Crippen molar-refractivity contribution in [2.24, 2.45) is 11.8 Å². The Kier molecular flexibility index (Phi) is 4.16. The van der Waals surface area contributed by atoms with Crippen molar-refractivity contribution in [1.82, 2.24) is 9.80 Å². The van der Waals surface area contributed by atoms with Gasteiger partial charge in [-0.05, 0) is 12.5 Å². The van der Waals surface area contributed by atoms with Gasteiger partial charge in [0.1, 0.15) is 0 Å². The van der Waals surface area contributed by atoms with Crippen LogP contribution >= 0.6 is 0 Å². The minimum atomic E-state index is -0.224. The number of hydrogen-bond acceptors (Lipinski definition) is 3. The fourth-order valence-electron chi connectivity index (χ4n) is 3.13. The lowest BCUT2D eigenvalue weighted by atomic mass is 9.97. The van der Waals surface area contributed by atoms with Crippen LogP contribution in [0.2, 0.25) is 0 Å². The number of likely N-dealkylation sites (tertiary alicyclic amines) is 2. The summed E-state index contributed by atoms with van der Waals surface area (Å²) in [6.45, 7) is 4.49. The lowest BCUT2D eigenvalue weighted by Crippen LogP contribution is -2.53. The second-order valence-electron chi connectivity index (χ2n) is 6.45. The van der Waals surface area contributed by atoms with Crippen LogP contribution in [0, 0.1) is 18.8 Å². The Hall–Kier alpha value is -1.88. The Morgan fingerprint density at radius 1 is 1.23 bits per heavy atom. The van der Waals surface area contributed by atoms with Gasteiger partial charge >= 0.3 is 0 Å². The Morgan fingerprint density at radius 2 is 1.91 bits per heavy atom. The zero-order chi connectivity index (χ0) is 15.7. The van der Waals surface area contributed by atoms with E-state index in [1.54, 1.807) is 9.80 Å². The first kappa shape index (κ1) is 15.0. The van der Waals surface area contributed by atoms with E-state index in [1.165, 1.54) is 5.56 Å². The number of carbonyl (C=O) groups is 2. The molecular weight excluding hydrogens is 280 g/mol. The van der Waals surface area contributed by atoms with Crippen molar-refractivity contribution in [3.8, 4) is 0 Å². The predicted molar refractivity (Wildman–Crippen MR) is 81.9 cm³/mol. The number of benzene rings is 1. The van der Waals surface area contributed by atoms with E-state index in [0.717, 1.165) is 5.56 Å². The Morgan fingerprint density at radius 3 is 2.55 bits per heavy atom. The van der Waals surface area contributed by atoms with Crippen molar-refractivity contribution in [2.75, 3.05) is 26.2 Å². The number of carbonyl (C=O) groups excluding carboxylic acids is 2. The second-order valence-corrected chi connectivity index (χ2v) is 6.45. The summed E-state index contributed by atoms with van der Waals surface area (Å²) >= 11 is 0. The number of aliphatic hydroxyl groups excluding tert-OH is 1. The third-order valence-electron chi connectivity index (χ3n) is 4.58. The fourth-order valence-corrected chi connectivity index (χ4v) is 3.13. The Bertz CT molecular complexity index is 564. The van der Waals surface area contributed by atoms with Gasteiger partial charge in [-0.3, -0.25) is 9.59 Å². The highest BCUT2D eigenvalue weighted by Gasteiger charge is 2.40. The molecule has 0 bridgehead atoms. The number of amides is 2. The quantitative estimate of drug-likeness (QED) is 0.895. The van der Waals surface area contributed by atoms with Crippen molar-refractivity contribution >= 4 is 11.8 Å². The standard InChI is InChI=1S/C17H22N2O3/c1-12-2-4-13(5-3-12)7-18-10-15(6-16(18)21)17(22)19-8-14(9-19)11-20/h2-5,14-15,20H,6-11H2,1H3/t15-/m1/s1. The summed E-state index contributed by atoms with van der Waals surface area (Å²) in [4.78, 5) is 28.0. The van der Waals surface area contributed by atoms with Crippen molar-refractivity contribution in [3.05, 3.63) is 35.4 Å². The Labute approximate surface area is 130 Å². The van der Waals surface area contributed by atoms with Gasteiger partial charge in [0.2, 0.25) is 11.8 Å². The van der Waals surface area contributed by atoms with Crippen molar-refractivity contribution in [2.45, 2.75) is 19.9 Å². The molecule has 3 rings (SSSR count). The zero-order valence-electron chi connectivity index (χ0n) is 12.9. The number of rotatable bonds is 4. The van der Waals surface area contributed by atoms with Gasteiger partial charge in [-0.2, -0.15) is 0 Å². The molecule has 2 fully saturated rings. The van der Waals surface area contributed by atoms with Crippen LogP contribution in [0.4, 0.5) is 0 Å². The molecule has 1 N–H and O–H groups in total. The zero-order valence-corrected chi connectivity index (χ0v) is 12.9. The van der Waals surface area contributed by atoms with E-state index < -0.39 is 0 Å². The largest absolute Gasteiger partial charge is 0.396 e. The monoisotopic (exact) mass is 302 g/mol. The molecule has 0 aliphatic carbocycles. The van der Waals surface area contributed by atoms with Crippen LogP contribution < -0.4 is 0 Å². The van der Waals surface area contributed by atoms with Gasteiger partial charge in [0, 0.05) is 45.1 Å². The lowest BCUT2D eigenvalue weighted by Gasteiger charge is -2.39. The minimum absolute atomic E-state index is 0.0538. The molecule has 2 amide bonds. The minimum Gasteiger partial charge on any atom is -0.396 e. The molecule has 5 heteroatoms. The fraction of sp³-hybridized carbons (Fsp3) is 0.529. The highest BCUT2D eigenvalue weighted by Crippen LogP contribution is 2.25. The van der Waals surface area contributed by atoms with Crippen molar-refractivity contribution < 1.29 is 14.7 Å². The van der Waals surface area contributed by atoms with Crippen LogP contribution in [-0.2, 0) is 16.1 Å². The molecule has 2 saturated heterocycles. The summed E-state index contributed by atoms with van der Waals surface area (Å²) in [6.07, 6.45) is 0.311. The highest BCUT2D eigenvalue weighted by molar-refractivity contribution is 5.89. The van der Waals surface area contributed by atoms with Gasteiger partial charge in [-0.25, -0.2) is 0 Å². The second kappa shape index (κ2) is 6.08. The first-order chi connectivity index (χ1) is 10.6. The first-order valence-corrected chi connectivity index (χ1v) is 7.79. The van der Waals surface area contributed by atoms with Crippen LogP contribution in [-0.4, -0.2) is 53.0 Å². The molecule has 2 heterocycles. The third-order valence-corrected chi connectivity index (χ3v) is 4.58. The van der Waals surface area contributed by atoms with E-state index >= 15 is 0 Å². The molecule has 0 unspecified atom stereocenters. The molecular formula is C17H22N2O3. The van der Waals surface area contributed by atoms with Gasteiger partial charge < -0.3 is 14.9 Å². The molecule has 0 radical (unpaired) electrons. The smallest absolute Gasteiger partial charge is 0.228 e. The van der Waals surface area contributed by atoms with Crippen molar-refractivity contribution in [1.29, 1.82) is 0 Å². The molecule has 118 valence electrons. The number of aliphatic hydroxyl groups is 1. The topological polar surface area (TPSA) is 60.9 Å². The molecule has 5 nitrogen and oxygen atoms in total. The van der Waals surface area contributed by atoms with E-state index in [4.69, 9.17) is 5.11 Å². The van der Waals surface area contributed by atoms with E-state index in [9.17, 15) is 9.59 Å². The van der Waals surface area contributed by atoms with Crippen LogP contribution in [0.5, 0.6) is 0 Å². The van der Waals surface area contributed by atoms with Crippen LogP contribution in [0.15, 0.2) is 24.3 Å². The maximum atomic E-state index is 12.3. The normalized spacial score (nSPS) is 22.1. The molecule has 0 spiro atoms. The molecule has 0 saturated carbocycles. The average Bonchev–Trinajstić information content (AvgIpc) is 2.81. The summed E-state index contributed by atoms with van der Waals surface area (Å²) in [6, 6.07) is 8.12. The molecule has 0 aromatic heterocycles. The number of nitrogens with zero attached hydrogens (tertiary/aromatic N) is 2. The van der Waals surface area contributed by atoms with E-state index in [0.29, 0.717) is 32.6 Å². The molecule has 2 aliphatic rings. The van der Waals surface area contributed by atoms with Gasteiger partial charge in [-0.15, -0.1) is 0 Å². The van der Waals surface area contributed by atoms with Crippen molar-refractivity contribution in [3.63, 3.8) is 0 Å². The van der Waals surface area contributed by atoms with Crippen LogP contribution in [0.3, 0.4) is 0 Å². The van der Waals surface area contributed by atoms with E-state index in [-0.39, 0.29) is 30.3 Å². The van der Waals surface area contributed by atoms with Gasteiger partial charge in [0.25, 0.3) is 0 Å². The summed E-state index contributed by atoms with van der Waals surface area (Å²) in [5.74, 6) is 0.102. The molecule has 22 heavy (non-hydrogen) atoms. The molecule has 1 aromatic carbocycles. The van der Waals surface area contributed by atoms with Crippen LogP contribution in [0.1, 0.15) is 17.5 Å². The molecule has 1 atom stereocenters. The number of aryl methyl sites for hydroxylation is 1. The van der Waals surface area contributed by atoms with E-state index in [2.05, 4.69) is 0 Å². The van der Waals surface area contributed by atoms with Gasteiger partial charge in [0.05, 0.1) is 5.92 Å². The third kappa shape index (κ3) is 2.99. The average molecular weight is 302 g/mol. The summed E-state index contributed by atoms with van der Waals surface area (Å²) in [7, 11) is 0. The maximum absolute atomic E-state index is 12.3. The maximum Gasteiger partial charge on any atom is 0.228 e. The summed E-state index contributed by atoms with van der Waals surface area (Å²) < 4.78 is 0. The molecule has 1 aromatic rings. The Balaban J connectivity index is 1.56. The SMILES string of the molecule is Cc1ccc(CN2C[C@H](C(=O)N3CC(CO)C3)CC2=O)cc1. The van der Waals surface area contributed by atoms with Gasteiger partial charge in [0.15, 0.2) is 0 Å². The molecule has 2 aliphatic heterocycles. The highest BCUT2D eigenvalue weighted by atomic mass is 16.3. The van der Waals surface area contributed by atoms with Gasteiger partial charge in [-0.1, -0.05) is 29.8 Å². The number of hydrogen-bond donors (Lipinski definition) is 1. The first-order valence-electron chi connectivity index (χ1n) is 7.79. The van der Waals surface area contributed by atoms with Crippen LogP contribution in [0.25, 0.3) is 0 Å². The summed E-state index contributed by atoms with van der Waals surface area (Å²) in [5.41, 5.74) is 2.29. The predicted octanol–water partition coefficient (Wildman–Crippen LogP) is 0.794. The van der Waals surface area contributed by atoms with E-state index in [1.807, 2.05) is 31.2 Å².